The Hall–Kier alpha value is -1.29. The zero-order valence-corrected chi connectivity index (χ0v) is 12.8. The molecule has 1 N–H and O–H groups in total. The van der Waals surface area contributed by atoms with Crippen LogP contribution in [0.4, 0.5) is 0 Å². The normalized spacial score (nSPS) is 18.5. The number of nitrogens with one attached hydrogen (secondary N) is 1. The van der Waals surface area contributed by atoms with Gasteiger partial charge in [0.1, 0.15) is 5.76 Å². The highest BCUT2D eigenvalue weighted by molar-refractivity contribution is 5.78. The molecule has 0 radical (unpaired) electrons. The minimum absolute atomic E-state index is 0.103. The van der Waals surface area contributed by atoms with Crippen molar-refractivity contribution in [2.45, 2.75) is 52.1 Å². The number of furan rings is 1. The molecule has 1 saturated heterocycles. The van der Waals surface area contributed by atoms with Crippen molar-refractivity contribution >= 4 is 5.91 Å². The summed E-state index contributed by atoms with van der Waals surface area (Å²) in [5.74, 6) is 1.39. The molecule has 1 aliphatic heterocycles. The molecule has 0 bridgehead atoms. The van der Waals surface area contributed by atoms with Crippen LogP contribution in [-0.2, 0) is 4.79 Å². The Morgan fingerprint density at radius 3 is 2.65 bits per heavy atom. The van der Waals surface area contributed by atoms with Crippen LogP contribution in [0.25, 0.3) is 0 Å². The number of hydrogen-bond acceptors (Lipinski definition) is 3. The van der Waals surface area contributed by atoms with E-state index in [2.05, 4.69) is 12.2 Å². The van der Waals surface area contributed by atoms with Gasteiger partial charge in [0.25, 0.3) is 0 Å². The third kappa shape index (κ3) is 3.63. The van der Waals surface area contributed by atoms with Crippen molar-refractivity contribution in [3.63, 3.8) is 0 Å². The van der Waals surface area contributed by atoms with E-state index in [1.165, 1.54) is 0 Å². The lowest BCUT2D eigenvalue weighted by atomic mass is 10.0. The molecular weight excluding hydrogens is 252 g/mol. The van der Waals surface area contributed by atoms with E-state index < -0.39 is 0 Å². The molecule has 0 spiro atoms. The van der Waals surface area contributed by atoms with Gasteiger partial charge >= 0.3 is 0 Å². The summed E-state index contributed by atoms with van der Waals surface area (Å²) < 4.78 is 5.49. The second-order valence-electron chi connectivity index (χ2n) is 5.90. The molecule has 4 heteroatoms. The van der Waals surface area contributed by atoms with Crippen LogP contribution in [0.2, 0.25) is 0 Å². The SMILES string of the molecule is CCC(NC1CCN(C(=O)C(C)C)CC1)c1ccco1. The average Bonchev–Trinajstić information content (AvgIpc) is 2.98. The first-order chi connectivity index (χ1) is 9.61. The Kier molecular flexibility index (Phi) is 5.24. The van der Waals surface area contributed by atoms with Gasteiger partial charge in [0.15, 0.2) is 0 Å². The number of likely N-dealkylation sites (tertiary alicyclic amines) is 1. The van der Waals surface area contributed by atoms with E-state index in [4.69, 9.17) is 4.42 Å². The molecule has 1 atom stereocenters. The van der Waals surface area contributed by atoms with Crippen LogP contribution in [-0.4, -0.2) is 29.9 Å². The fourth-order valence-corrected chi connectivity index (χ4v) is 2.81. The summed E-state index contributed by atoms with van der Waals surface area (Å²) >= 11 is 0. The number of carbonyl (C=O) groups is 1. The zero-order valence-electron chi connectivity index (χ0n) is 12.8. The molecule has 0 saturated carbocycles. The van der Waals surface area contributed by atoms with Crippen LogP contribution >= 0.6 is 0 Å². The van der Waals surface area contributed by atoms with E-state index in [1.54, 1.807) is 6.26 Å². The number of amides is 1. The van der Waals surface area contributed by atoms with Crippen molar-refractivity contribution < 1.29 is 9.21 Å². The van der Waals surface area contributed by atoms with E-state index in [1.807, 2.05) is 30.9 Å². The Morgan fingerprint density at radius 1 is 1.45 bits per heavy atom. The van der Waals surface area contributed by atoms with E-state index in [0.717, 1.165) is 38.1 Å². The molecule has 1 amide bonds. The van der Waals surface area contributed by atoms with Gasteiger partial charge in [-0.2, -0.15) is 0 Å². The molecule has 20 heavy (non-hydrogen) atoms. The predicted octanol–water partition coefficient (Wildman–Crippen LogP) is 2.97. The predicted molar refractivity (Wildman–Crippen MR) is 79.3 cm³/mol. The van der Waals surface area contributed by atoms with Gasteiger partial charge in [0, 0.05) is 25.0 Å². The maximum Gasteiger partial charge on any atom is 0.225 e. The number of hydrogen-bond donors (Lipinski definition) is 1. The topological polar surface area (TPSA) is 45.5 Å². The molecule has 4 nitrogen and oxygen atoms in total. The van der Waals surface area contributed by atoms with Crippen molar-refractivity contribution in [3.05, 3.63) is 24.2 Å². The second-order valence-corrected chi connectivity index (χ2v) is 5.90. The van der Waals surface area contributed by atoms with Crippen molar-refractivity contribution in [1.82, 2.24) is 10.2 Å². The summed E-state index contributed by atoms with van der Waals surface area (Å²) in [6.07, 6.45) is 4.79. The van der Waals surface area contributed by atoms with Crippen molar-refractivity contribution in [2.24, 2.45) is 5.92 Å². The second kappa shape index (κ2) is 6.93. The lowest BCUT2D eigenvalue weighted by Crippen LogP contribution is -2.46. The number of nitrogens with zero attached hydrogens (tertiary/aromatic N) is 1. The summed E-state index contributed by atoms with van der Waals surface area (Å²) in [4.78, 5) is 14.0. The standard InChI is InChI=1S/C16H26N2O2/c1-4-14(15-6-5-11-20-15)17-13-7-9-18(10-8-13)16(19)12(2)3/h5-6,11-14,17H,4,7-10H2,1-3H3. The van der Waals surface area contributed by atoms with E-state index in [-0.39, 0.29) is 17.9 Å². The fourth-order valence-electron chi connectivity index (χ4n) is 2.81. The summed E-state index contributed by atoms with van der Waals surface area (Å²) in [6, 6.07) is 4.71. The molecule has 1 fully saturated rings. The summed E-state index contributed by atoms with van der Waals surface area (Å²) in [6.45, 7) is 7.83. The lowest BCUT2D eigenvalue weighted by Gasteiger charge is -2.35. The Balaban J connectivity index is 1.83. The van der Waals surface area contributed by atoms with Gasteiger partial charge in [0.2, 0.25) is 5.91 Å². The molecule has 0 aromatic carbocycles. The smallest absolute Gasteiger partial charge is 0.225 e. The molecule has 2 rings (SSSR count). The van der Waals surface area contributed by atoms with Crippen LogP contribution in [0.5, 0.6) is 0 Å². The Morgan fingerprint density at radius 2 is 2.15 bits per heavy atom. The number of carbonyl (C=O) groups excluding carboxylic acids is 1. The average molecular weight is 278 g/mol. The molecule has 1 aliphatic rings. The van der Waals surface area contributed by atoms with Crippen LogP contribution in [0, 0.1) is 5.92 Å². The first-order valence-corrected chi connectivity index (χ1v) is 7.70. The van der Waals surface area contributed by atoms with E-state index >= 15 is 0 Å². The fraction of sp³-hybridized carbons (Fsp3) is 0.688. The molecule has 2 heterocycles. The van der Waals surface area contributed by atoms with Gasteiger partial charge in [-0.1, -0.05) is 20.8 Å². The highest BCUT2D eigenvalue weighted by Gasteiger charge is 2.26. The molecule has 1 aromatic rings. The molecule has 1 unspecified atom stereocenters. The van der Waals surface area contributed by atoms with Gasteiger partial charge in [-0.25, -0.2) is 0 Å². The summed E-state index contributed by atoms with van der Waals surface area (Å²) in [7, 11) is 0. The van der Waals surface area contributed by atoms with Crippen LogP contribution in [0.1, 0.15) is 51.8 Å². The number of piperidine rings is 1. The minimum Gasteiger partial charge on any atom is -0.468 e. The third-order valence-electron chi connectivity index (χ3n) is 4.03. The van der Waals surface area contributed by atoms with E-state index in [9.17, 15) is 4.79 Å². The van der Waals surface area contributed by atoms with E-state index in [0.29, 0.717) is 6.04 Å². The maximum absolute atomic E-state index is 12.0. The quantitative estimate of drug-likeness (QED) is 0.900. The third-order valence-corrected chi connectivity index (χ3v) is 4.03. The summed E-state index contributed by atoms with van der Waals surface area (Å²) in [5.41, 5.74) is 0. The largest absolute Gasteiger partial charge is 0.468 e. The first kappa shape index (κ1) is 15.1. The monoisotopic (exact) mass is 278 g/mol. The van der Waals surface area contributed by atoms with Crippen molar-refractivity contribution in [1.29, 1.82) is 0 Å². The van der Waals surface area contributed by atoms with Crippen LogP contribution in [0.15, 0.2) is 22.8 Å². The van der Waals surface area contributed by atoms with Crippen molar-refractivity contribution in [3.8, 4) is 0 Å². The van der Waals surface area contributed by atoms with Crippen molar-refractivity contribution in [2.75, 3.05) is 13.1 Å². The molecule has 0 aliphatic carbocycles. The lowest BCUT2D eigenvalue weighted by molar-refractivity contribution is -0.135. The zero-order chi connectivity index (χ0) is 14.5. The molecule has 1 aromatic heterocycles. The van der Waals surface area contributed by atoms with Gasteiger partial charge < -0.3 is 14.6 Å². The number of rotatable bonds is 5. The first-order valence-electron chi connectivity index (χ1n) is 7.70. The Bertz CT molecular complexity index is 406. The molecular formula is C16H26N2O2. The van der Waals surface area contributed by atoms with Crippen LogP contribution < -0.4 is 5.32 Å². The highest BCUT2D eigenvalue weighted by Crippen LogP contribution is 2.21. The Labute approximate surface area is 121 Å². The van der Waals surface area contributed by atoms with Gasteiger partial charge in [-0.05, 0) is 31.4 Å². The highest BCUT2D eigenvalue weighted by atomic mass is 16.3. The van der Waals surface area contributed by atoms with Gasteiger partial charge in [-0.15, -0.1) is 0 Å². The maximum atomic E-state index is 12.0. The summed E-state index contributed by atoms with van der Waals surface area (Å²) in [5, 5.41) is 3.67. The van der Waals surface area contributed by atoms with Gasteiger partial charge in [0.05, 0.1) is 12.3 Å². The molecule has 112 valence electrons. The van der Waals surface area contributed by atoms with Crippen LogP contribution in [0.3, 0.4) is 0 Å². The van der Waals surface area contributed by atoms with Gasteiger partial charge in [-0.3, -0.25) is 4.79 Å². The minimum atomic E-state index is 0.103.